The van der Waals surface area contributed by atoms with E-state index in [1.165, 1.54) is 132 Å². The van der Waals surface area contributed by atoms with E-state index >= 15 is 0 Å². The summed E-state index contributed by atoms with van der Waals surface area (Å²) in [6.07, 6.45) is 0. The molecule has 0 N–H and O–H groups in total. The van der Waals surface area contributed by atoms with Crippen molar-refractivity contribution in [2.24, 2.45) is 0 Å². The highest BCUT2D eigenvalue weighted by Crippen LogP contribution is 2.47. The molecule has 0 radical (unpaired) electrons. The minimum absolute atomic E-state index is 1.18. The highest BCUT2D eigenvalue weighted by Gasteiger charge is 2.20. The van der Waals surface area contributed by atoms with Crippen molar-refractivity contribution in [3.05, 3.63) is 279 Å². The molecule has 0 unspecified atom stereocenters. The van der Waals surface area contributed by atoms with E-state index < -0.39 is 0 Å². The molecule has 0 saturated carbocycles. The molecule has 13 aromatic carbocycles. The third kappa shape index (κ3) is 7.63. The van der Waals surface area contributed by atoms with Gasteiger partial charge in [-0.1, -0.05) is 231 Å². The van der Waals surface area contributed by atoms with Crippen LogP contribution in [0, 0.1) is 0 Å². The Morgan fingerprint density at radius 1 is 0.129 bits per heavy atom. The maximum atomic E-state index is 2.45. The molecular formula is C70H46. The zero-order valence-corrected chi connectivity index (χ0v) is 38.6. The highest BCUT2D eigenvalue weighted by atomic mass is 14.2. The first-order chi connectivity index (χ1) is 34.7. The van der Waals surface area contributed by atoms with Gasteiger partial charge in [-0.05, 0) is 181 Å². The van der Waals surface area contributed by atoms with Crippen molar-refractivity contribution < 1.29 is 0 Å². The molecule has 0 amide bonds. The molecule has 0 saturated heterocycles. The van der Waals surface area contributed by atoms with Crippen molar-refractivity contribution in [3.8, 4) is 89.0 Å². The Morgan fingerprint density at radius 2 is 0.400 bits per heavy atom. The van der Waals surface area contributed by atoms with Gasteiger partial charge in [0, 0.05) is 0 Å². The standard InChI is InChI=1S/C70H46/c1-3-15-47(16-4-1)53-23-11-25-55(39-53)61-35-37-65-67(45-61)69(63-29-13-27-57(43-63)59-33-31-49-19-7-9-21-51(49)41-59)66-38-36-62(56-26-12-24-54(40-56)48-17-5-2-6-18-48)46-68(66)70(65)64-30-14-28-58(44-64)60-34-32-50-20-8-10-22-52(50)42-60/h1-46H. The Morgan fingerprint density at radius 3 is 0.800 bits per heavy atom. The lowest BCUT2D eigenvalue weighted by Gasteiger charge is -2.21. The summed E-state index contributed by atoms with van der Waals surface area (Å²) in [5.41, 5.74) is 19.2. The lowest BCUT2D eigenvalue weighted by molar-refractivity contribution is 1.59. The summed E-state index contributed by atoms with van der Waals surface area (Å²) in [5, 5.41) is 9.83. The molecule has 0 atom stereocenters. The van der Waals surface area contributed by atoms with Gasteiger partial charge in [0.15, 0.2) is 0 Å². The number of benzene rings is 13. The van der Waals surface area contributed by atoms with Crippen LogP contribution in [-0.4, -0.2) is 0 Å². The van der Waals surface area contributed by atoms with Crippen LogP contribution in [0.2, 0.25) is 0 Å². The summed E-state index contributed by atoms with van der Waals surface area (Å²) >= 11 is 0. The molecular weight excluding hydrogens is 841 g/mol. The first-order valence-electron chi connectivity index (χ1n) is 24.2. The van der Waals surface area contributed by atoms with Gasteiger partial charge in [-0.2, -0.15) is 0 Å². The molecule has 0 aliphatic carbocycles. The van der Waals surface area contributed by atoms with Gasteiger partial charge in [-0.3, -0.25) is 0 Å². The third-order valence-electron chi connectivity index (χ3n) is 14.2. The van der Waals surface area contributed by atoms with Crippen LogP contribution >= 0.6 is 0 Å². The maximum Gasteiger partial charge on any atom is -0.00259 e. The Kier molecular flexibility index (Phi) is 10.3. The average Bonchev–Trinajstić information content (AvgIpc) is 3.44. The van der Waals surface area contributed by atoms with Crippen molar-refractivity contribution in [1.82, 2.24) is 0 Å². The Hall–Kier alpha value is -9.10. The van der Waals surface area contributed by atoms with Crippen LogP contribution in [0.25, 0.3) is 132 Å². The Labute approximate surface area is 409 Å². The fourth-order valence-corrected chi connectivity index (χ4v) is 10.7. The Balaban J connectivity index is 1.08. The SMILES string of the molecule is c1ccc(-c2cccc(-c3ccc4c(-c5cccc(-c6ccc7ccccc7c6)c5)c5cc(-c6cccc(-c7ccccc7)c6)ccc5c(-c5cccc(-c6ccc7ccccc7c6)c5)c4c3)c2)cc1. The van der Waals surface area contributed by atoms with Crippen LogP contribution < -0.4 is 0 Å². The van der Waals surface area contributed by atoms with E-state index in [9.17, 15) is 0 Å². The Bertz CT molecular complexity index is 3830. The largest absolute Gasteiger partial charge is 0.0622 e. The molecule has 0 fully saturated rings. The van der Waals surface area contributed by atoms with Crippen LogP contribution in [0.3, 0.4) is 0 Å². The van der Waals surface area contributed by atoms with Crippen LogP contribution in [0.4, 0.5) is 0 Å². The summed E-state index contributed by atoms with van der Waals surface area (Å²) < 4.78 is 0. The highest BCUT2D eigenvalue weighted by molar-refractivity contribution is 6.23. The fraction of sp³-hybridized carbons (Fsp3) is 0. The smallest absolute Gasteiger partial charge is 0.00259 e. The molecule has 326 valence electrons. The van der Waals surface area contributed by atoms with Gasteiger partial charge < -0.3 is 0 Å². The second-order valence-corrected chi connectivity index (χ2v) is 18.4. The van der Waals surface area contributed by atoms with E-state index in [0.717, 1.165) is 0 Å². The number of hydrogen-bond acceptors (Lipinski definition) is 0. The summed E-state index contributed by atoms with van der Waals surface area (Å²) in [4.78, 5) is 0. The summed E-state index contributed by atoms with van der Waals surface area (Å²) in [6.45, 7) is 0. The molecule has 0 aliphatic heterocycles. The predicted molar refractivity (Wildman–Crippen MR) is 300 cm³/mol. The molecule has 0 aromatic heterocycles. The topological polar surface area (TPSA) is 0 Å². The first-order valence-corrected chi connectivity index (χ1v) is 24.2. The van der Waals surface area contributed by atoms with Gasteiger partial charge in [-0.25, -0.2) is 0 Å². The lowest BCUT2D eigenvalue weighted by atomic mass is 9.83. The first kappa shape index (κ1) is 41.1. The van der Waals surface area contributed by atoms with E-state index in [1.807, 2.05) is 0 Å². The van der Waals surface area contributed by atoms with E-state index in [1.54, 1.807) is 0 Å². The quantitative estimate of drug-likeness (QED) is 0.133. The van der Waals surface area contributed by atoms with Crippen LogP contribution in [-0.2, 0) is 0 Å². The average molecular weight is 887 g/mol. The van der Waals surface area contributed by atoms with Crippen LogP contribution in [0.1, 0.15) is 0 Å². The molecule has 70 heavy (non-hydrogen) atoms. The summed E-state index contributed by atoms with van der Waals surface area (Å²) in [5.74, 6) is 0. The van der Waals surface area contributed by atoms with Gasteiger partial charge in [-0.15, -0.1) is 0 Å². The second kappa shape index (κ2) is 17.5. The molecule has 0 spiro atoms. The lowest BCUT2D eigenvalue weighted by Crippen LogP contribution is -1.94. The molecule has 0 heteroatoms. The molecule has 0 heterocycles. The summed E-state index contributed by atoms with van der Waals surface area (Å²) in [6, 6.07) is 103. The van der Waals surface area contributed by atoms with E-state index in [2.05, 4.69) is 279 Å². The van der Waals surface area contributed by atoms with E-state index in [-0.39, 0.29) is 0 Å². The maximum absolute atomic E-state index is 2.45. The zero-order valence-electron chi connectivity index (χ0n) is 38.6. The third-order valence-corrected chi connectivity index (χ3v) is 14.2. The van der Waals surface area contributed by atoms with Gasteiger partial charge in [0.2, 0.25) is 0 Å². The number of hydrogen-bond donors (Lipinski definition) is 0. The van der Waals surface area contributed by atoms with Gasteiger partial charge in [0.05, 0.1) is 0 Å². The molecule has 13 aromatic rings. The van der Waals surface area contributed by atoms with Crippen LogP contribution in [0.15, 0.2) is 279 Å². The number of rotatable bonds is 8. The second-order valence-electron chi connectivity index (χ2n) is 18.4. The zero-order chi connectivity index (χ0) is 46.4. The minimum atomic E-state index is 1.18. The monoisotopic (exact) mass is 886 g/mol. The molecule has 0 nitrogen and oxygen atoms in total. The fourth-order valence-electron chi connectivity index (χ4n) is 10.7. The summed E-state index contributed by atoms with van der Waals surface area (Å²) in [7, 11) is 0. The van der Waals surface area contributed by atoms with Crippen molar-refractivity contribution >= 4 is 43.1 Å². The van der Waals surface area contributed by atoms with Gasteiger partial charge in [0.25, 0.3) is 0 Å². The van der Waals surface area contributed by atoms with Gasteiger partial charge >= 0.3 is 0 Å². The minimum Gasteiger partial charge on any atom is -0.0622 e. The normalized spacial score (nSPS) is 11.4. The van der Waals surface area contributed by atoms with Gasteiger partial charge in [0.1, 0.15) is 0 Å². The molecule has 0 bridgehead atoms. The molecule has 0 aliphatic rings. The molecule has 13 rings (SSSR count). The predicted octanol–water partition coefficient (Wildman–Crippen LogP) is 19.6. The number of fused-ring (bicyclic) bond motifs is 4. The van der Waals surface area contributed by atoms with Crippen LogP contribution in [0.5, 0.6) is 0 Å². The van der Waals surface area contributed by atoms with Crippen molar-refractivity contribution in [1.29, 1.82) is 0 Å². The van der Waals surface area contributed by atoms with E-state index in [4.69, 9.17) is 0 Å². The van der Waals surface area contributed by atoms with Crippen molar-refractivity contribution in [2.75, 3.05) is 0 Å². The van der Waals surface area contributed by atoms with Crippen molar-refractivity contribution in [2.45, 2.75) is 0 Å². The van der Waals surface area contributed by atoms with Crippen molar-refractivity contribution in [3.63, 3.8) is 0 Å². The van der Waals surface area contributed by atoms with E-state index in [0.29, 0.717) is 0 Å².